The van der Waals surface area contributed by atoms with Crippen LogP contribution in [0.3, 0.4) is 0 Å². The van der Waals surface area contributed by atoms with Gasteiger partial charge in [-0.1, -0.05) is 6.07 Å². The standard InChI is InChI=1S/C16H17FN2O3S/c1-10(20)14-6-5-13(23-14)7-8-18-15(21)16(22)19-12-4-2-3-11(17)9-12/h2-6,9-10,20H,7-8H2,1H3,(H,18,21)(H,19,22)/t10-/m1/s1. The number of carbonyl (C=O) groups excluding carboxylic acids is 2. The van der Waals surface area contributed by atoms with Crippen LogP contribution in [0.1, 0.15) is 22.8 Å². The number of nitrogens with one attached hydrogen (secondary N) is 2. The summed E-state index contributed by atoms with van der Waals surface area (Å²) in [5, 5.41) is 14.3. The van der Waals surface area contributed by atoms with Gasteiger partial charge in [0.2, 0.25) is 0 Å². The van der Waals surface area contributed by atoms with E-state index in [-0.39, 0.29) is 5.69 Å². The van der Waals surface area contributed by atoms with Crippen LogP contribution in [0.5, 0.6) is 0 Å². The van der Waals surface area contributed by atoms with E-state index < -0.39 is 23.7 Å². The monoisotopic (exact) mass is 336 g/mol. The Balaban J connectivity index is 1.78. The van der Waals surface area contributed by atoms with Crippen LogP contribution in [-0.4, -0.2) is 23.5 Å². The fourth-order valence-corrected chi connectivity index (χ4v) is 2.84. The molecule has 5 nitrogen and oxygen atoms in total. The molecule has 23 heavy (non-hydrogen) atoms. The first-order chi connectivity index (χ1) is 11.0. The van der Waals surface area contributed by atoms with Crippen molar-refractivity contribution in [3.8, 4) is 0 Å². The second-order valence-electron chi connectivity index (χ2n) is 4.95. The molecule has 122 valence electrons. The van der Waals surface area contributed by atoms with Gasteiger partial charge >= 0.3 is 11.8 Å². The molecule has 2 aromatic rings. The normalized spacial score (nSPS) is 11.8. The lowest BCUT2D eigenvalue weighted by Crippen LogP contribution is -2.36. The van der Waals surface area contributed by atoms with Gasteiger partial charge in [0.1, 0.15) is 5.82 Å². The van der Waals surface area contributed by atoms with Crippen LogP contribution in [-0.2, 0) is 16.0 Å². The molecule has 0 saturated heterocycles. The summed E-state index contributed by atoms with van der Waals surface area (Å²) in [7, 11) is 0. The lowest BCUT2D eigenvalue weighted by molar-refractivity contribution is -0.136. The van der Waals surface area contributed by atoms with Crippen molar-refractivity contribution in [3.05, 3.63) is 52.0 Å². The van der Waals surface area contributed by atoms with Gasteiger partial charge in [0.15, 0.2) is 0 Å². The van der Waals surface area contributed by atoms with Crippen LogP contribution in [0.15, 0.2) is 36.4 Å². The number of aliphatic hydroxyl groups is 1. The molecule has 0 bridgehead atoms. The average molecular weight is 336 g/mol. The number of hydrogen-bond acceptors (Lipinski definition) is 4. The highest BCUT2D eigenvalue weighted by molar-refractivity contribution is 7.12. The Kier molecular flexibility index (Phi) is 5.84. The van der Waals surface area contributed by atoms with Gasteiger partial charge in [-0.2, -0.15) is 0 Å². The predicted molar refractivity (Wildman–Crippen MR) is 86.7 cm³/mol. The molecule has 1 atom stereocenters. The minimum Gasteiger partial charge on any atom is -0.388 e. The molecule has 2 rings (SSSR count). The minimum atomic E-state index is -0.841. The minimum absolute atomic E-state index is 0.227. The van der Waals surface area contributed by atoms with E-state index in [2.05, 4.69) is 10.6 Å². The SMILES string of the molecule is C[C@@H](O)c1ccc(CCNC(=O)C(=O)Nc2cccc(F)c2)s1. The Morgan fingerprint density at radius 3 is 2.70 bits per heavy atom. The summed E-state index contributed by atoms with van der Waals surface area (Å²) in [6, 6.07) is 9.04. The van der Waals surface area contributed by atoms with Gasteiger partial charge in [0, 0.05) is 22.0 Å². The van der Waals surface area contributed by atoms with Crippen molar-refractivity contribution in [2.75, 3.05) is 11.9 Å². The second kappa shape index (κ2) is 7.85. The predicted octanol–water partition coefficient (Wildman–Crippen LogP) is 2.24. The Hall–Kier alpha value is -2.25. The van der Waals surface area contributed by atoms with Crippen molar-refractivity contribution in [1.82, 2.24) is 5.32 Å². The van der Waals surface area contributed by atoms with E-state index >= 15 is 0 Å². The summed E-state index contributed by atoms with van der Waals surface area (Å²) in [6.07, 6.45) is 0.0523. The van der Waals surface area contributed by atoms with Crippen LogP contribution in [0, 0.1) is 5.82 Å². The van der Waals surface area contributed by atoms with E-state index in [1.165, 1.54) is 29.5 Å². The molecule has 0 unspecified atom stereocenters. The summed E-state index contributed by atoms with van der Waals surface area (Å²) in [6.45, 7) is 1.99. The lowest BCUT2D eigenvalue weighted by Gasteiger charge is -2.06. The average Bonchev–Trinajstić information content (AvgIpc) is 2.96. The molecular weight excluding hydrogens is 319 g/mol. The molecule has 3 N–H and O–H groups in total. The first-order valence-corrected chi connectivity index (χ1v) is 7.89. The van der Waals surface area contributed by atoms with E-state index in [9.17, 15) is 19.1 Å². The summed E-state index contributed by atoms with van der Waals surface area (Å²) in [5.74, 6) is -2.11. The smallest absolute Gasteiger partial charge is 0.313 e. The first-order valence-electron chi connectivity index (χ1n) is 7.07. The number of anilines is 1. The number of rotatable bonds is 5. The van der Waals surface area contributed by atoms with Crippen LogP contribution < -0.4 is 10.6 Å². The molecule has 1 aromatic heterocycles. The highest BCUT2D eigenvalue weighted by Gasteiger charge is 2.13. The Morgan fingerprint density at radius 2 is 2.04 bits per heavy atom. The number of amides is 2. The largest absolute Gasteiger partial charge is 0.388 e. The van der Waals surface area contributed by atoms with Crippen LogP contribution in [0.4, 0.5) is 10.1 Å². The van der Waals surface area contributed by atoms with Crippen molar-refractivity contribution < 1.29 is 19.1 Å². The Labute approximate surface area is 137 Å². The Bertz CT molecular complexity index is 700. The van der Waals surface area contributed by atoms with Crippen molar-refractivity contribution in [1.29, 1.82) is 0 Å². The summed E-state index contributed by atoms with van der Waals surface area (Å²) in [4.78, 5) is 25.2. The van der Waals surface area contributed by atoms with E-state index in [4.69, 9.17) is 0 Å². The zero-order valence-corrected chi connectivity index (χ0v) is 13.3. The highest BCUT2D eigenvalue weighted by atomic mass is 32.1. The van der Waals surface area contributed by atoms with Gasteiger partial charge in [-0.3, -0.25) is 9.59 Å². The third kappa shape index (κ3) is 5.15. The number of benzene rings is 1. The van der Waals surface area contributed by atoms with Crippen LogP contribution in [0.25, 0.3) is 0 Å². The van der Waals surface area contributed by atoms with E-state index in [1.54, 1.807) is 6.92 Å². The quantitative estimate of drug-likeness (QED) is 0.733. The van der Waals surface area contributed by atoms with Gasteiger partial charge in [-0.15, -0.1) is 11.3 Å². The van der Waals surface area contributed by atoms with Gasteiger partial charge in [0.05, 0.1) is 6.10 Å². The number of thiophene rings is 1. The van der Waals surface area contributed by atoms with E-state index in [0.717, 1.165) is 15.8 Å². The zero-order valence-electron chi connectivity index (χ0n) is 12.5. The molecule has 0 fully saturated rings. The lowest BCUT2D eigenvalue weighted by atomic mass is 10.3. The van der Waals surface area contributed by atoms with Crippen molar-refractivity contribution in [2.24, 2.45) is 0 Å². The summed E-state index contributed by atoms with van der Waals surface area (Å²) >= 11 is 1.46. The third-order valence-electron chi connectivity index (χ3n) is 3.04. The molecule has 0 radical (unpaired) electrons. The molecule has 0 aliphatic rings. The molecule has 0 aliphatic heterocycles. The molecule has 0 saturated carbocycles. The maximum atomic E-state index is 13.0. The number of aliphatic hydroxyl groups excluding tert-OH is 1. The first kappa shape index (κ1) is 17.1. The van der Waals surface area contributed by atoms with Crippen molar-refractivity contribution in [2.45, 2.75) is 19.4 Å². The second-order valence-corrected chi connectivity index (χ2v) is 6.15. The van der Waals surface area contributed by atoms with E-state index in [1.807, 2.05) is 12.1 Å². The molecule has 0 aliphatic carbocycles. The van der Waals surface area contributed by atoms with E-state index in [0.29, 0.717) is 13.0 Å². The van der Waals surface area contributed by atoms with Gasteiger partial charge in [-0.25, -0.2) is 4.39 Å². The zero-order chi connectivity index (χ0) is 16.8. The van der Waals surface area contributed by atoms with Gasteiger partial charge in [0.25, 0.3) is 0 Å². The Morgan fingerprint density at radius 1 is 1.26 bits per heavy atom. The van der Waals surface area contributed by atoms with Crippen LogP contribution >= 0.6 is 11.3 Å². The maximum absolute atomic E-state index is 13.0. The molecule has 0 spiro atoms. The number of hydrogen-bond donors (Lipinski definition) is 3. The number of halogens is 1. The van der Waals surface area contributed by atoms with Crippen molar-refractivity contribution in [3.63, 3.8) is 0 Å². The highest BCUT2D eigenvalue weighted by Crippen LogP contribution is 2.22. The summed E-state index contributed by atoms with van der Waals surface area (Å²) in [5.41, 5.74) is 0.227. The maximum Gasteiger partial charge on any atom is 0.313 e. The third-order valence-corrected chi connectivity index (χ3v) is 4.36. The van der Waals surface area contributed by atoms with Crippen LogP contribution in [0.2, 0.25) is 0 Å². The molecule has 7 heteroatoms. The fourth-order valence-electron chi connectivity index (χ4n) is 1.89. The topological polar surface area (TPSA) is 78.4 Å². The van der Waals surface area contributed by atoms with Crippen molar-refractivity contribution >= 4 is 28.8 Å². The fraction of sp³-hybridized carbons (Fsp3) is 0.250. The van der Waals surface area contributed by atoms with Gasteiger partial charge in [-0.05, 0) is 43.7 Å². The molecular formula is C16H17FN2O3S. The number of carbonyl (C=O) groups is 2. The van der Waals surface area contributed by atoms with Gasteiger partial charge < -0.3 is 15.7 Å². The molecule has 2 amide bonds. The molecule has 1 heterocycles. The molecule has 1 aromatic carbocycles. The summed E-state index contributed by atoms with van der Waals surface area (Å²) < 4.78 is 13.0.